The molecule has 134 valence electrons. The molecule has 1 heteroatoms. The normalized spacial score (nSPS) is 12.7. The molecule has 0 aliphatic rings. The summed E-state index contributed by atoms with van der Waals surface area (Å²) in [7, 11) is 0. The number of hydrogen-bond acceptors (Lipinski definition) is 1. The van der Waals surface area contributed by atoms with Crippen LogP contribution in [0, 0.1) is 0 Å². The van der Waals surface area contributed by atoms with E-state index >= 15 is 0 Å². The highest BCUT2D eigenvalue weighted by Gasteiger charge is 2.02. The monoisotopic (exact) mass is 311 g/mol. The van der Waals surface area contributed by atoms with Crippen LogP contribution in [0.5, 0.6) is 0 Å². The second-order valence-electron chi connectivity index (χ2n) is 7.29. The van der Waals surface area contributed by atoms with Gasteiger partial charge in [-0.25, -0.2) is 0 Å². The van der Waals surface area contributed by atoms with E-state index in [1.54, 1.807) is 0 Å². The Labute approximate surface area is 141 Å². The fourth-order valence-corrected chi connectivity index (χ4v) is 3.23. The van der Waals surface area contributed by atoms with Gasteiger partial charge in [-0.3, -0.25) is 0 Å². The summed E-state index contributed by atoms with van der Waals surface area (Å²) in [6.07, 6.45) is 25.1. The van der Waals surface area contributed by atoms with Crippen molar-refractivity contribution >= 4 is 0 Å². The van der Waals surface area contributed by atoms with Gasteiger partial charge in [-0.2, -0.15) is 0 Å². The highest BCUT2D eigenvalue weighted by molar-refractivity contribution is 4.61. The summed E-state index contributed by atoms with van der Waals surface area (Å²) in [5.74, 6) is 0. The van der Waals surface area contributed by atoms with Crippen molar-refractivity contribution in [2.45, 2.75) is 135 Å². The Hall–Kier alpha value is -0.0400. The minimum atomic E-state index is 0.472. The molecule has 1 nitrogen and oxygen atoms in total. The molecule has 1 atom stereocenters. The van der Waals surface area contributed by atoms with E-state index < -0.39 is 0 Å². The summed E-state index contributed by atoms with van der Waals surface area (Å²) in [5.41, 5.74) is 6.19. The summed E-state index contributed by atoms with van der Waals surface area (Å²) >= 11 is 0. The van der Waals surface area contributed by atoms with Crippen LogP contribution in [0.1, 0.15) is 129 Å². The number of unbranched alkanes of at least 4 members (excludes halogenated alkanes) is 14. The van der Waals surface area contributed by atoms with Crippen molar-refractivity contribution < 1.29 is 0 Å². The minimum absolute atomic E-state index is 0.472. The molecule has 0 saturated carbocycles. The zero-order chi connectivity index (χ0) is 16.3. The third-order valence-corrected chi connectivity index (χ3v) is 4.86. The molecule has 0 aliphatic heterocycles. The third-order valence-electron chi connectivity index (χ3n) is 4.86. The van der Waals surface area contributed by atoms with E-state index in [2.05, 4.69) is 13.8 Å². The first-order valence-electron chi connectivity index (χ1n) is 10.6. The number of hydrogen-bond donors (Lipinski definition) is 1. The maximum atomic E-state index is 6.19. The Morgan fingerprint density at radius 3 is 1.09 bits per heavy atom. The number of rotatable bonds is 18. The van der Waals surface area contributed by atoms with Crippen molar-refractivity contribution in [1.29, 1.82) is 0 Å². The lowest BCUT2D eigenvalue weighted by Gasteiger charge is -2.11. The van der Waals surface area contributed by atoms with Crippen LogP contribution >= 0.6 is 0 Å². The molecule has 0 spiro atoms. The summed E-state index contributed by atoms with van der Waals surface area (Å²) < 4.78 is 0. The molecule has 22 heavy (non-hydrogen) atoms. The van der Waals surface area contributed by atoms with E-state index in [0.717, 1.165) is 0 Å². The van der Waals surface area contributed by atoms with Crippen LogP contribution < -0.4 is 5.73 Å². The highest BCUT2D eigenvalue weighted by Crippen LogP contribution is 2.14. The van der Waals surface area contributed by atoms with Gasteiger partial charge in [0.25, 0.3) is 0 Å². The van der Waals surface area contributed by atoms with E-state index in [9.17, 15) is 0 Å². The maximum Gasteiger partial charge on any atom is 0.00388 e. The first-order valence-corrected chi connectivity index (χ1v) is 10.6. The van der Waals surface area contributed by atoms with Gasteiger partial charge in [0.2, 0.25) is 0 Å². The largest absolute Gasteiger partial charge is 0.328 e. The lowest BCUT2D eigenvalue weighted by molar-refractivity contribution is 0.484. The van der Waals surface area contributed by atoms with Crippen LogP contribution in [-0.4, -0.2) is 6.04 Å². The molecule has 0 amide bonds. The summed E-state index contributed by atoms with van der Waals surface area (Å²) in [5, 5.41) is 0. The van der Waals surface area contributed by atoms with Crippen LogP contribution in [0.4, 0.5) is 0 Å². The molecule has 0 aromatic rings. The van der Waals surface area contributed by atoms with Crippen molar-refractivity contribution in [3.8, 4) is 0 Å². The van der Waals surface area contributed by atoms with Crippen LogP contribution in [0.3, 0.4) is 0 Å². The zero-order valence-corrected chi connectivity index (χ0v) is 15.9. The summed E-state index contributed by atoms with van der Waals surface area (Å²) in [4.78, 5) is 0. The topological polar surface area (TPSA) is 26.0 Å². The SMILES string of the molecule is CCCCCCCCCCCCCCC(N)CCCCCC. The van der Waals surface area contributed by atoms with E-state index in [4.69, 9.17) is 5.73 Å². The zero-order valence-electron chi connectivity index (χ0n) is 15.9. The van der Waals surface area contributed by atoms with Gasteiger partial charge in [0.1, 0.15) is 0 Å². The standard InChI is InChI=1S/C21H45N/c1-3-5-7-9-10-11-12-13-14-15-16-18-20-21(22)19-17-8-6-4-2/h21H,3-20,22H2,1-2H3. The quantitative estimate of drug-likeness (QED) is 0.263. The molecule has 0 saturated heterocycles. The van der Waals surface area contributed by atoms with E-state index in [0.29, 0.717) is 6.04 Å². The molecular formula is C21H45N. The van der Waals surface area contributed by atoms with Crippen LogP contribution in [-0.2, 0) is 0 Å². The first-order chi connectivity index (χ1) is 10.8. The molecule has 0 aliphatic carbocycles. The Balaban J connectivity index is 3.07. The maximum absolute atomic E-state index is 6.19. The molecule has 0 fully saturated rings. The van der Waals surface area contributed by atoms with E-state index in [-0.39, 0.29) is 0 Å². The Morgan fingerprint density at radius 2 is 0.727 bits per heavy atom. The lowest BCUT2D eigenvalue weighted by atomic mass is 10.0. The van der Waals surface area contributed by atoms with Gasteiger partial charge in [0, 0.05) is 6.04 Å². The average molecular weight is 312 g/mol. The summed E-state index contributed by atoms with van der Waals surface area (Å²) in [6, 6.07) is 0.472. The van der Waals surface area contributed by atoms with Gasteiger partial charge in [0.05, 0.1) is 0 Å². The molecule has 0 aromatic heterocycles. The van der Waals surface area contributed by atoms with Gasteiger partial charge in [-0.05, 0) is 12.8 Å². The second kappa shape index (κ2) is 19.0. The molecule has 0 rings (SSSR count). The van der Waals surface area contributed by atoms with Crippen molar-refractivity contribution in [2.24, 2.45) is 5.73 Å². The van der Waals surface area contributed by atoms with Gasteiger partial charge in [0.15, 0.2) is 0 Å². The first kappa shape index (κ1) is 22.0. The molecule has 1 unspecified atom stereocenters. The van der Waals surface area contributed by atoms with Gasteiger partial charge < -0.3 is 5.73 Å². The van der Waals surface area contributed by atoms with E-state index in [1.807, 2.05) is 0 Å². The number of nitrogens with two attached hydrogens (primary N) is 1. The highest BCUT2D eigenvalue weighted by atomic mass is 14.6. The smallest absolute Gasteiger partial charge is 0.00388 e. The Bertz CT molecular complexity index is 190. The van der Waals surface area contributed by atoms with Crippen LogP contribution in [0.25, 0.3) is 0 Å². The fraction of sp³-hybridized carbons (Fsp3) is 1.00. The lowest BCUT2D eigenvalue weighted by Crippen LogP contribution is -2.19. The molecule has 0 bridgehead atoms. The molecule has 0 aromatic carbocycles. The van der Waals surface area contributed by atoms with Gasteiger partial charge >= 0.3 is 0 Å². The van der Waals surface area contributed by atoms with E-state index in [1.165, 1.54) is 116 Å². The average Bonchev–Trinajstić information content (AvgIpc) is 2.52. The molecular weight excluding hydrogens is 266 g/mol. The predicted molar refractivity (Wildman–Crippen MR) is 102 cm³/mol. The van der Waals surface area contributed by atoms with Gasteiger partial charge in [-0.1, -0.05) is 117 Å². The Morgan fingerprint density at radius 1 is 0.455 bits per heavy atom. The minimum Gasteiger partial charge on any atom is -0.328 e. The second-order valence-corrected chi connectivity index (χ2v) is 7.29. The third kappa shape index (κ3) is 18.0. The van der Waals surface area contributed by atoms with Gasteiger partial charge in [-0.15, -0.1) is 0 Å². The van der Waals surface area contributed by atoms with Crippen LogP contribution in [0.2, 0.25) is 0 Å². The molecule has 0 heterocycles. The van der Waals surface area contributed by atoms with Crippen molar-refractivity contribution in [1.82, 2.24) is 0 Å². The van der Waals surface area contributed by atoms with Crippen LogP contribution in [0.15, 0.2) is 0 Å². The summed E-state index contributed by atoms with van der Waals surface area (Å²) in [6.45, 7) is 4.56. The van der Waals surface area contributed by atoms with Crippen molar-refractivity contribution in [2.75, 3.05) is 0 Å². The molecule has 2 N–H and O–H groups in total. The fourth-order valence-electron chi connectivity index (χ4n) is 3.23. The Kier molecular flexibility index (Phi) is 19.0. The van der Waals surface area contributed by atoms with Crippen molar-refractivity contribution in [3.63, 3.8) is 0 Å². The molecule has 0 radical (unpaired) electrons. The predicted octanol–water partition coefficient (Wildman–Crippen LogP) is 7.38. The van der Waals surface area contributed by atoms with Crippen molar-refractivity contribution in [3.05, 3.63) is 0 Å².